The molecule has 2 atom stereocenters. The molecule has 0 aliphatic carbocycles. The van der Waals surface area contributed by atoms with Crippen LogP contribution in [0.25, 0.3) is 16.7 Å². The van der Waals surface area contributed by atoms with E-state index in [1.807, 2.05) is 42.3 Å². The van der Waals surface area contributed by atoms with Gasteiger partial charge in [-0.2, -0.15) is 5.10 Å². The maximum absolute atomic E-state index is 14.0. The molecule has 4 aromatic rings. The second-order valence-corrected chi connectivity index (χ2v) is 8.95. The molecule has 0 bridgehead atoms. The number of carbonyl (C=O) groups excluding carboxylic acids is 1. The maximum atomic E-state index is 14.0. The van der Waals surface area contributed by atoms with Crippen molar-refractivity contribution in [1.82, 2.24) is 24.6 Å². The lowest BCUT2D eigenvalue weighted by molar-refractivity contribution is 0.0591. The van der Waals surface area contributed by atoms with E-state index >= 15 is 0 Å². The molecule has 0 saturated carbocycles. The zero-order valence-corrected chi connectivity index (χ0v) is 18.5. The second kappa shape index (κ2) is 7.86. The number of aryl methyl sites for hydroxylation is 1. The summed E-state index contributed by atoms with van der Waals surface area (Å²) in [6.07, 6.45) is 5.90. The van der Waals surface area contributed by atoms with Crippen LogP contribution in [0, 0.1) is 24.5 Å². The number of anilines is 1. The molecule has 2 aromatic carbocycles. The number of piperidine rings is 1. The molecule has 2 aliphatic heterocycles. The van der Waals surface area contributed by atoms with Crippen molar-refractivity contribution in [1.29, 1.82) is 0 Å². The molecule has 34 heavy (non-hydrogen) atoms. The third-order valence-corrected chi connectivity index (χ3v) is 6.86. The molecule has 2 fully saturated rings. The molecule has 1 amide bonds. The summed E-state index contributed by atoms with van der Waals surface area (Å²) in [6.45, 7) is 4.03. The van der Waals surface area contributed by atoms with Gasteiger partial charge in [-0.05, 0) is 43.7 Å². The number of nitrogens with zero attached hydrogens (tertiary/aromatic N) is 6. The van der Waals surface area contributed by atoms with Crippen molar-refractivity contribution in [2.24, 2.45) is 5.92 Å². The molecule has 9 heteroatoms. The first-order chi connectivity index (χ1) is 16.5. The van der Waals surface area contributed by atoms with Crippen LogP contribution in [0.5, 0.6) is 0 Å². The zero-order valence-electron chi connectivity index (χ0n) is 18.5. The molecule has 172 valence electrons. The molecule has 4 heterocycles. The van der Waals surface area contributed by atoms with Gasteiger partial charge in [0.15, 0.2) is 11.6 Å². The SMILES string of the molecule is Cc1ccc(-n2cccn2)c(C(=O)N2CC[C@H]3CN(c4cnc5c(F)c(F)ccc5n4)[C@H]3C2)c1. The topological polar surface area (TPSA) is 67.2 Å². The number of hydrogen-bond donors (Lipinski definition) is 0. The molecule has 2 saturated heterocycles. The van der Waals surface area contributed by atoms with E-state index in [4.69, 9.17) is 0 Å². The lowest BCUT2D eigenvalue weighted by Crippen LogP contribution is -2.65. The molecule has 0 spiro atoms. The minimum atomic E-state index is -0.987. The molecule has 0 unspecified atom stereocenters. The lowest BCUT2D eigenvalue weighted by atomic mass is 9.82. The second-order valence-electron chi connectivity index (χ2n) is 8.95. The summed E-state index contributed by atoms with van der Waals surface area (Å²) in [5.74, 6) is -0.887. The first-order valence-electron chi connectivity index (χ1n) is 11.3. The fraction of sp³-hybridized carbons (Fsp3) is 0.280. The monoisotopic (exact) mass is 460 g/mol. The maximum Gasteiger partial charge on any atom is 0.256 e. The number of carbonyl (C=O) groups is 1. The number of benzene rings is 2. The van der Waals surface area contributed by atoms with Crippen LogP contribution in [0.4, 0.5) is 14.6 Å². The van der Waals surface area contributed by atoms with E-state index in [-0.39, 0.29) is 17.5 Å². The van der Waals surface area contributed by atoms with Gasteiger partial charge >= 0.3 is 0 Å². The highest BCUT2D eigenvalue weighted by atomic mass is 19.2. The van der Waals surface area contributed by atoms with Gasteiger partial charge in [0.05, 0.1) is 29.0 Å². The van der Waals surface area contributed by atoms with E-state index in [1.54, 1.807) is 10.9 Å². The van der Waals surface area contributed by atoms with Crippen LogP contribution >= 0.6 is 0 Å². The summed E-state index contributed by atoms with van der Waals surface area (Å²) in [5, 5.41) is 4.30. The van der Waals surface area contributed by atoms with Crippen LogP contribution in [-0.2, 0) is 0 Å². The fourth-order valence-corrected chi connectivity index (χ4v) is 5.00. The summed E-state index contributed by atoms with van der Waals surface area (Å²) >= 11 is 0. The average molecular weight is 460 g/mol. The number of rotatable bonds is 3. The highest BCUT2D eigenvalue weighted by Crippen LogP contribution is 2.36. The number of aromatic nitrogens is 4. The van der Waals surface area contributed by atoms with Gasteiger partial charge in [0.2, 0.25) is 0 Å². The Morgan fingerprint density at radius 2 is 2.03 bits per heavy atom. The molecule has 2 aliphatic rings. The molecular formula is C25H22F2N6O. The van der Waals surface area contributed by atoms with Gasteiger partial charge in [-0.25, -0.2) is 23.4 Å². The van der Waals surface area contributed by atoms with Gasteiger partial charge in [-0.15, -0.1) is 0 Å². The summed E-state index contributed by atoms with van der Waals surface area (Å²) in [4.78, 5) is 26.2. The van der Waals surface area contributed by atoms with E-state index in [2.05, 4.69) is 20.0 Å². The van der Waals surface area contributed by atoms with Crippen molar-refractivity contribution in [3.05, 3.63) is 77.8 Å². The number of halogens is 2. The van der Waals surface area contributed by atoms with Gasteiger partial charge in [-0.1, -0.05) is 11.6 Å². The van der Waals surface area contributed by atoms with E-state index in [0.29, 0.717) is 35.9 Å². The van der Waals surface area contributed by atoms with Crippen molar-refractivity contribution < 1.29 is 13.6 Å². The first-order valence-corrected chi connectivity index (χ1v) is 11.3. The van der Waals surface area contributed by atoms with Gasteiger partial charge in [0.1, 0.15) is 11.3 Å². The number of likely N-dealkylation sites (tertiary alicyclic amines) is 1. The number of fused-ring (bicyclic) bond motifs is 2. The summed E-state index contributed by atoms with van der Waals surface area (Å²) in [7, 11) is 0. The molecule has 0 radical (unpaired) electrons. The van der Waals surface area contributed by atoms with Crippen molar-refractivity contribution in [2.75, 3.05) is 24.5 Å². The lowest BCUT2D eigenvalue weighted by Gasteiger charge is -2.53. The first kappa shape index (κ1) is 20.7. The van der Waals surface area contributed by atoms with Crippen LogP contribution in [-0.4, -0.2) is 56.2 Å². The van der Waals surface area contributed by atoms with Crippen LogP contribution < -0.4 is 4.90 Å². The zero-order chi connectivity index (χ0) is 23.4. The number of amides is 1. The molecule has 6 rings (SSSR count). The minimum absolute atomic E-state index is 0.0263. The summed E-state index contributed by atoms with van der Waals surface area (Å²) in [5.41, 5.74) is 2.62. The smallest absolute Gasteiger partial charge is 0.256 e. The van der Waals surface area contributed by atoms with Crippen LogP contribution in [0.15, 0.2) is 55.0 Å². The summed E-state index contributed by atoms with van der Waals surface area (Å²) < 4.78 is 29.2. The Morgan fingerprint density at radius 1 is 1.15 bits per heavy atom. The predicted molar refractivity (Wildman–Crippen MR) is 123 cm³/mol. The summed E-state index contributed by atoms with van der Waals surface area (Å²) in [6, 6.07) is 10.2. The van der Waals surface area contributed by atoms with Gasteiger partial charge < -0.3 is 9.80 Å². The van der Waals surface area contributed by atoms with Crippen LogP contribution in [0.1, 0.15) is 22.3 Å². The highest BCUT2D eigenvalue weighted by molar-refractivity contribution is 5.98. The third kappa shape index (κ3) is 3.30. The highest BCUT2D eigenvalue weighted by Gasteiger charge is 2.44. The fourth-order valence-electron chi connectivity index (χ4n) is 5.00. The van der Waals surface area contributed by atoms with Gasteiger partial charge in [-0.3, -0.25) is 4.79 Å². The van der Waals surface area contributed by atoms with Crippen molar-refractivity contribution in [3.63, 3.8) is 0 Å². The normalized spacial score (nSPS) is 19.7. The Hall–Kier alpha value is -3.88. The number of hydrogen-bond acceptors (Lipinski definition) is 5. The minimum Gasteiger partial charge on any atom is -0.350 e. The average Bonchev–Trinajstić information content (AvgIpc) is 3.36. The van der Waals surface area contributed by atoms with E-state index in [0.717, 1.165) is 30.3 Å². The van der Waals surface area contributed by atoms with Gasteiger partial charge in [0.25, 0.3) is 5.91 Å². The van der Waals surface area contributed by atoms with Crippen molar-refractivity contribution in [2.45, 2.75) is 19.4 Å². The predicted octanol–water partition coefficient (Wildman–Crippen LogP) is 3.75. The Bertz CT molecular complexity index is 1410. The Kier molecular flexibility index (Phi) is 4.79. The molecule has 2 aromatic heterocycles. The largest absolute Gasteiger partial charge is 0.350 e. The Labute approximate surface area is 194 Å². The van der Waals surface area contributed by atoms with Gasteiger partial charge in [0, 0.05) is 37.9 Å². The Morgan fingerprint density at radius 3 is 2.85 bits per heavy atom. The van der Waals surface area contributed by atoms with Crippen LogP contribution in [0.2, 0.25) is 0 Å². The van der Waals surface area contributed by atoms with Crippen LogP contribution in [0.3, 0.4) is 0 Å². The Balaban J connectivity index is 1.26. The van der Waals surface area contributed by atoms with E-state index < -0.39 is 11.6 Å². The van der Waals surface area contributed by atoms with E-state index in [1.165, 1.54) is 12.3 Å². The van der Waals surface area contributed by atoms with Crippen molar-refractivity contribution >= 4 is 22.8 Å². The third-order valence-electron chi connectivity index (χ3n) is 6.86. The molecular weight excluding hydrogens is 438 g/mol. The molecule has 0 N–H and O–H groups in total. The molecule has 7 nitrogen and oxygen atoms in total. The standard InChI is InChI=1S/C25H22F2N6O/c1-15-3-6-20(33-9-2-8-29-33)17(11-15)25(34)31-10-7-16-13-32(21(16)14-31)22-12-28-24-19(30-22)5-4-18(26)23(24)27/h2-6,8-9,11-12,16,21H,7,10,13-14H2,1H3/t16-,21-/m0/s1. The quantitative estimate of drug-likeness (QED) is 0.466. The van der Waals surface area contributed by atoms with E-state index in [9.17, 15) is 13.6 Å². The van der Waals surface area contributed by atoms with Crippen molar-refractivity contribution in [3.8, 4) is 5.69 Å².